The van der Waals surface area contributed by atoms with Crippen molar-refractivity contribution >= 4 is 22.5 Å². The number of carbonyl (C=O) groups excluding carboxylic acids is 1. The van der Waals surface area contributed by atoms with Crippen LogP contribution in [0.25, 0.3) is 10.9 Å². The molecule has 5 rings (SSSR count). The maximum Gasteiger partial charge on any atom is 0.387 e. The first kappa shape index (κ1) is 20.2. The van der Waals surface area contributed by atoms with Crippen molar-refractivity contribution in [1.29, 1.82) is 0 Å². The number of benzene rings is 3. The highest BCUT2D eigenvalue weighted by atomic mass is 19.3. The topological polar surface area (TPSA) is 43.3 Å². The van der Waals surface area contributed by atoms with Gasteiger partial charge in [0.2, 0.25) is 5.91 Å². The second-order valence-electron chi connectivity index (χ2n) is 7.80. The summed E-state index contributed by atoms with van der Waals surface area (Å²) in [6.07, 6.45) is 2.12. The molecule has 3 aromatic carbocycles. The number of halogens is 3. The normalized spacial score (nSPS) is 15.6. The summed E-state index contributed by atoms with van der Waals surface area (Å²) >= 11 is 0. The molecule has 1 aliphatic heterocycles. The summed E-state index contributed by atoms with van der Waals surface area (Å²) in [6.45, 7) is -2.48. The Bertz CT molecular complexity index is 1320. The molecule has 1 amide bonds. The van der Waals surface area contributed by atoms with E-state index in [1.54, 1.807) is 24.3 Å². The zero-order chi connectivity index (χ0) is 22.2. The van der Waals surface area contributed by atoms with Gasteiger partial charge in [-0.25, -0.2) is 4.39 Å². The van der Waals surface area contributed by atoms with Gasteiger partial charge in [0.1, 0.15) is 11.6 Å². The third kappa shape index (κ3) is 3.82. The van der Waals surface area contributed by atoms with Gasteiger partial charge in [-0.15, -0.1) is 0 Å². The molecule has 0 radical (unpaired) electrons. The second-order valence-corrected chi connectivity index (χ2v) is 7.80. The van der Waals surface area contributed by atoms with Crippen LogP contribution in [-0.4, -0.2) is 17.1 Å². The van der Waals surface area contributed by atoms with E-state index >= 15 is 0 Å². The Hall–Kier alpha value is -3.74. The molecular weight excluding hydrogens is 417 g/mol. The smallest absolute Gasteiger partial charge is 0.387 e. The molecule has 1 N–H and O–H groups in total. The highest BCUT2D eigenvalue weighted by Crippen LogP contribution is 2.41. The molecule has 0 bridgehead atoms. The number of amides is 1. The largest absolute Gasteiger partial charge is 0.435 e. The minimum atomic E-state index is -2.93. The number of anilines is 1. The first-order valence-electron chi connectivity index (χ1n) is 10.2. The fraction of sp³-hybridized carbons (Fsp3) is 0.160. The summed E-state index contributed by atoms with van der Waals surface area (Å²) in [5.74, 6) is -0.764. The molecule has 1 aromatic heterocycles. The molecule has 32 heavy (non-hydrogen) atoms. The molecule has 2 heterocycles. The van der Waals surface area contributed by atoms with Crippen molar-refractivity contribution in [2.45, 2.75) is 25.5 Å². The molecule has 0 spiro atoms. The van der Waals surface area contributed by atoms with Crippen LogP contribution in [0.4, 0.5) is 18.9 Å². The number of alkyl halides is 2. The van der Waals surface area contributed by atoms with Crippen LogP contribution in [0.2, 0.25) is 0 Å². The highest BCUT2D eigenvalue weighted by Gasteiger charge is 2.28. The number of hydrogen-bond acceptors (Lipinski definition) is 2. The Morgan fingerprint density at radius 1 is 1.06 bits per heavy atom. The van der Waals surface area contributed by atoms with Crippen molar-refractivity contribution in [3.63, 3.8) is 0 Å². The van der Waals surface area contributed by atoms with E-state index in [4.69, 9.17) is 0 Å². The van der Waals surface area contributed by atoms with Crippen LogP contribution in [0.3, 0.4) is 0 Å². The molecule has 0 saturated carbocycles. The van der Waals surface area contributed by atoms with Crippen molar-refractivity contribution in [1.82, 2.24) is 4.57 Å². The van der Waals surface area contributed by atoms with Gasteiger partial charge in [0.15, 0.2) is 0 Å². The third-order valence-electron chi connectivity index (χ3n) is 5.70. The quantitative estimate of drug-likeness (QED) is 0.423. The van der Waals surface area contributed by atoms with Crippen LogP contribution < -0.4 is 10.1 Å². The van der Waals surface area contributed by atoms with Crippen molar-refractivity contribution in [2.24, 2.45) is 0 Å². The van der Waals surface area contributed by atoms with Gasteiger partial charge in [-0.05, 0) is 53.1 Å². The molecule has 7 heteroatoms. The molecule has 4 aromatic rings. The first-order chi connectivity index (χ1) is 15.5. The van der Waals surface area contributed by atoms with Gasteiger partial charge in [0.25, 0.3) is 0 Å². The van der Waals surface area contributed by atoms with Crippen LogP contribution in [0, 0.1) is 5.82 Å². The summed E-state index contributed by atoms with van der Waals surface area (Å²) in [6, 6.07) is 18.5. The number of carbonyl (C=O) groups is 1. The van der Waals surface area contributed by atoms with E-state index in [0.29, 0.717) is 17.8 Å². The maximum absolute atomic E-state index is 13.7. The van der Waals surface area contributed by atoms with Gasteiger partial charge < -0.3 is 14.6 Å². The molecule has 1 aliphatic rings. The van der Waals surface area contributed by atoms with Crippen molar-refractivity contribution < 1.29 is 22.7 Å². The van der Waals surface area contributed by atoms with E-state index in [1.165, 1.54) is 18.2 Å². The van der Waals surface area contributed by atoms with Crippen LogP contribution in [0.5, 0.6) is 5.75 Å². The monoisotopic (exact) mass is 436 g/mol. The zero-order valence-electron chi connectivity index (χ0n) is 16.9. The summed E-state index contributed by atoms with van der Waals surface area (Å²) < 4.78 is 45.8. The average Bonchev–Trinajstić information content (AvgIpc) is 3.03. The number of hydrogen-bond donors (Lipinski definition) is 1. The predicted octanol–water partition coefficient (Wildman–Crippen LogP) is 5.90. The summed E-state index contributed by atoms with van der Waals surface area (Å²) in [5.41, 5.74) is 4.01. The van der Waals surface area contributed by atoms with Gasteiger partial charge in [0.05, 0.1) is 11.2 Å². The first-order valence-corrected chi connectivity index (χ1v) is 10.2. The van der Waals surface area contributed by atoms with E-state index in [9.17, 15) is 18.0 Å². The summed E-state index contributed by atoms with van der Waals surface area (Å²) in [5, 5.41) is 3.84. The van der Waals surface area contributed by atoms with Gasteiger partial charge in [-0.2, -0.15) is 8.78 Å². The standard InChI is InChI=1S/C25H19F3N2O2/c26-17-6-1-4-15(10-17)13-30-14-20-19(16-5-2-7-18(11-16)32-25(27)28)12-23(31)29-21-8-3-9-22(30)24(20)21/h1-11,14,19,25H,12-13H2,(H,29,31)/t19-/m1/s1. The second kappa shape index (κ2) is 8.07. The zero-order valence-corrected chi connectivity index (χ0v) is 16.9. The fourth-order valence-electron chi connectivity index (χ4n) is 4.42. The minimum absolute atomic E-state index is 0.0471. The molecule has 162 valence electrons. The minimum Gasteiger partial charge on any atom is -0.435 e. The molecule has 4 nitrogen and oxygen atoms in total. The van der Waals surface area contributed by atoms with E-state index in [0.717, 1.165) is 22.0 Å². The Morgan fingerprint density at radius 2 is 1.88 bits per heavy atom. The van der Waals surface area contributed by atoms with Crippen molar-refractivity contribution in [2.75, 3.05) is 5.32 Å². The van der Waals surface area contributed by atoms with Crippen molar-refractivity contribution in [3.05, 3.63) is 95.4 Å². The Morgan fingerprint density at radius 3 is 2.69 bits per heavy atom. The lowest BCUT2D eigenvalue weighted by molar-refractivity contribution is -0.116. The van der Waals surface area contributed by atoms with E-state index in [2.05, 4.69) is 10.1 Å². The molecule has 0 fully saturated rings. The molecule has 0 unspecified atom stereocenters. The van der Waals surface area contributed by atoms with Crippen LogP contribution >= 0.6 is 0 Å². The molecule has 0 aliphatic carbocycles. The summed E-state index contributed by atoms with van der Waals surface area (Å²) in [4.78, 5) is 12.6. The third-order valence-corrected chi connectivity index (χ3v) is 5.70. The van der Waals surface area contributed by atoms with E-state index < -0.39 is 6.61 Å². The predicted molar refractivity (Wildman–Crippen MR) is 116 cm³/mol. The lowest BCUT2D eigenvalue weighted by atomic mass is 9.88. The van der Waals surface area contributed by atoms with E-state index in [-0.39, 0.29) is 29.8 Å². The van der Waals surface area contributed by atoms with E-state index in [1.807, 2.05) is 35.0 Å². The summed E-state index contributed by atoms with van der Waals surface area (Å²) in [7, 11) is 0. The Kier molecular flexibility index (Phi) is 5.09. The highest BCUT2D eigenvalue weighted by molar-refractivity contribution is 6.06. The van der Waals surface area contributed by atoms with Crippen molar-refractivity contribution in [3.8, 4) is 5.75 Å². The van der Waals surface area contributed by atoms with Crippen LogP contribution in [0.1, 0.15) is 29.0 Å². The molecular formula is C25H19F3N2O2. The number of rotatable bonds is 5. The lowest BCUT2D eigenvalue weighted by Gasteiger charge is -2.16. The molecule has 0 saturated heterocycles. The SMILES string of the molecule is O=C1C[C@H](c2cccc(OC(F)F)c2)c2cn(Cc3cccc(F)c3)c3cccc(c23)N1. The number of ether oxygens (including phenoxy) is 1. The fourth-order valence-corrected chi connectivity index (χ4v) is 4.42. The van der Waals surface area contributed by atoms with Gasteiger partial charge in [-0.1, -0.05) is 30.3 Å². The van der Waals surface area contributed by atoms with Crippen LogP contribution in [-0.2, 0) is 11.3 Å². The van der Waals surface area contributed by atoms with Gasteiger partial charge >= 0.3 is 6.61 Å². The Balaban J connectivity index is 1.64. The van der Waals surface area contributed by atoms with Crippen LogP contribution in [0.15, 0.2) is 72.9 Å². The lowest BCUT2D eigenvalue weighted by Crippen LogP contribution is -2.14. The number of nitrogens with one attached hydrogen (secondary N) is 1. The number of aromatic nitrogens is 1. The average molecular weight is 436 g/mol. The molecule has 1 atom stereocenters. The Labute approximate surface area is 182 Å². The van der Waals surface area contributed by atoms with Gasteiger partial charge in [0, 0.05) is 30.5 Å². The maximum atomic E-state index is 13.7. The van der Waals surface area contributed by atoms with Gasteiger partial charge in [-0.3, -0.25) is 4.79 Å². The number of nitrogens with zero attached hydrogens (tertiary/aromatic N) is 1.